The quantitative estimate of drug-likeness (QED) is 0.455. The number of rotatable bonds is 6. The van der Waals surface area contributed by atoms with Crippen molar-refractivity contribution in [3.05, 3.63) is 82.4 Å². The Labute approximate surface area is 222 Å². The zero-order valence-electron chi connectivity index (χ0n) is 19.7. The molecular weight excluding hydrogens is 542 g/mol. The average Bonchev–Trinajstić information content (AvgIpc) is 3.51. The third kappa shape index (κ3) is 4.96. The number of sulfonamides is 1. The minimum atomic E-state index is -4.51. The van der Waals surface area contributed by atoms with E-state index in [1.807, 2.05) is 35.1 Å². The predicted molar refractivity (Wildman–Crippen MR) is 137 cm³/mol. The van der Waals surface area contributed by atoms with Gasteiger partial charge in [-0.05, 0) is 41.8 Å². The Balaban J connectivity index is 1.51. The van der Waals surface area contributed by atoms with Crippen LogP contribution in [0.2, 0.25) is 5.02 Å². The van der Waals surface area contributed by atoms with E-state index in [-0.39, 0.29) is 41.7 Å². The first-order valence-electron chi connectivity index (χ1n) is 11.5. The summed E-state index contributed by atoms with van der Waals surface area (Å²) in [6.07, 6.45) is -0.391. The van der Waals surface area contributed by atoms with Gasteiger partial charge in [-0.1, -0.05) is 41.9 Å². The van der Waals surface area contributed by atoms with E-state index in [4.69, 9.17) is 16.3 Å². The molecule has 3 aromatic carbocycles. The van der Waals surface area contributed by atoms with Crippen LogP contribution in [0.3, 0.4) is 0 Å². The third-order valence-corrected chi connectivity index (χ3v) is 7.69. The van der Waals surface area contributed by atoms with Gasteiger partial charge >= 0.3 is 12.1 Å². The summed E-state index contributed by atoms with van der Waals surface area (Å²) >= 11 is 5.63. The second kappa shape index (κ2) is 10.1. The van der Waals surface area contributed by atoms with Gasteiger partial charge in [-0.3, -0.25) is 14.5 Å². The summed E-state index contributed by atoms with van der Waals surface area (Å²) in [6, 6.07) is 12.7. The van der Waals surface area contributed by atoms with E-state index in [0.29, 0.717) is 17.8 Å². The fourth-order valence-electron chi connectivity index (χ4n) is 4.37. The largest absolute Gasteiger partial charge is 0.444 e. The van der Waals surface area contributed by atoms with Crippen LogP contribution in [0.5, 0.6) is 0 Å². The van der Waals surface area contributed by atoms with E-state index in [2.05, 4.69) is 5.32 Å². The molecule has 198 valence electrons. The van der Waals surface area contributed by atoms with Gasteiger partial charge in [-0.25, -0.2) is 26.8 Å². The van der Waals surface area contributed by atoms with Crippen molar-refractivity contribution in [2.45, 2.75) is 17.9 Å². The van der Waals surface area contributed by atoms with Crippen LogP contribution < -0.4 is 19.8 Å². The number of halogens is 3. The molecular formula is C25H21ClF2N4O5S. The molecule has 2 heterocycles. The van der Waals surface area contributed by atoms with Gasteiger partial charge in [0.2, 0.25) is 0 Å². The molecule has 9 nitrogen and oxygen atoms in total. The topological polar surface area (TPSA) is 108 Å². The molecule has 0 aromatic heterocycles. The highest BCUT2D eigenvalue weighted by Gasteiger charge is 2.35. The van der Waals surface area contributed by atoms with Crippen molar-refractivity contribution in [3.63, 3.8) is 0 Å². The van der Waals surface area contributed by atoms with Crippen LogP contribution >= 0.6 is 11.6 Å². The lowest BCUT2D eigenvalue weighted by Crippen LogP contribution is -2.33. The maximum Gasteiger partial charge on any atom is 0.414 e. The molecule has 2 N–H and O–H groups in total. The number of benzene rings is 3. The summed E-state index contributed by atoms with van der Waals surface area (Å²) in [5, 5.41) is 2.41. The highest BCUT2D eigenvalue weighted by molar-refractivity contribution is 7.92. The number of ether oxygens (including phenoxy) is 1. The number of amides is 3. The Bertz CT molecular complexity index is 1520. The molecule has 13 heteroatoms. The van der Waals surface area contributed by atoms with Crippen LogP contribution in [0, 0.1) is 11.6 Å². The van der Waals surface area contributed by atoms with Crippen LogP contribution in [0.1, 0.15) is 11.1 Å². The predicted octanol–water partition coefficient (Wildman–Crippen LogP) is 4.65. The van der Waals surface area contributed by atoms with Crippen molar-refractivity contribution in [1.29, 1.82) is 0 Å². The third-order valence-electron chi connectivity index (χ3n) is 6.14. The lowest BCUT2D eigenvalue weighted by atomic mass is 10.1. The molecule has 0 spiro atoms. The van der Waals surface area contributed by atoms with Gasteiger partial charge in [0.05, 0.1) is 16.3 Å². The number of nitrogens with zero attached hydrogens (tertiary/aromatic N) is 2. The Morgan fingerprint density at radius 3 is 2.45 bits per heavy atom. The summed E-state index contributed by atoms with van der Waals surface area (Å²) < 4.78 is 62.5. The van der Waals surface area contributed by atoms with E-state index in [1.54, 1.807) is 0 Å². The molecule has 38 heavy (non-hydrogen) atoms. The number of hydrogen-bond donors (Lipinski definition) is 2. The normalized spacial score (nSPS) is 14.9. The molecule has 3 aromatic rings. The fourth-order valence-corrected chi connectivity index (χ4v) is 5.71. The summed E-state index contributed by atoms with van der Waals surface area (Å²) in [5.74, 6) is -2.38. The highest BCUT2D eigenvalue weighted by Crippen LogP contribution is 2.41. The minimum Gasteiger partial charge on any atom is -0.444 e. The van der Waals surface area contributed by atoms with Gasteiger partial charge in [0, 0.05) is 24.7 Å². The fraction of sp³-hybridized carbons (Fsp3) is 0.200. The van der Waals surface area contributed by atoms with Crippen molar-refractivity contribution >= 4 is 50.8 Å². The summed E-state index contributed by atoms with van der Waals surface area (Å²) in [5.41, 5.74) is 0.846. The Morgan fingerprint density at radius 1 is 1.08 bits per heavy atom. The maximum absolute atomic E-state index is 14.3. The van der Waals surface area contributed by atoms with E-state index < -0.39 is 39.5 Å². The zero-order valence-corrected chi connectivity index (χ0v) is 21.3. The van der Waals surface area contributed by atoms with Crippen molar-refractivity contribution in [2.24, 2.45) is 0 Å². The van der Waals surface area contributed by atoms with E-state index in [0.717, 1.165) is 17.7 Å². The van der Waals surface area contributed by atoms with Crippen molar-refractivity contribution < 1.29 is 31.5 Å². The van der Waals surface area contributed by atoms with Crippen molar-refractivity contribution in [1.82, 2.24) is 5.32 Å². The molecule has 2 aliphatic heterocycles. The van der Waals surface area contributed by atoms with Crippen LogP contribution in [0.15, 0.2) is 59.5 Å². The van der Waals surface area contributed by atoms with Gasteiger partial charge in [0.1, 0.15) is 12.3 Å². The Hall–Kier alpha value is -3.90. The summed E-state index contributed by atoms with van der Waals surface area (Å²) in [7, 11) is -4.51. The second-order valence-electron chi connectivity index (χ2n) is 8.63. The molecule has 1 fully saturated rings. The van der Waals surface area contributed by atoms with Crippen molar-refractivity contribution in [3.8, 4) is 0 Å². The monoisotopic (exact) mass is 562 g/mol. The molecule has 0 atom stereocenters. The molecule has 0 saturated carbocycles. The van der Waals surface area contributed by atoms with E-state index in [9.17, 15) is 26.8 Å². The number of carbonyl (C=O) groups is 2. The SMILES string of the molecule is O=C1NCCN1c1cc(S(=O)(=O)Nc2c(F)cc(Cl)cc2F)cc2c1N(C(=O)OCc1ccccc1)CC2. The molecule has 0 radical (unpaired) electrons. The summed E-state index contributed by atoms with van der Waals surface area (Å²) in [6.45, 7) is 0.737. The molecule has 1 saturated heterocycles. The number of fused-ring (bicyclic) bond motifs is 1. The second-order valence-corrected chi connectivity index (χ2v) is 10.7. The molecule has 0 aliphatic carbocycles. The molecule has 0 unspecified atom stereocenters. The minimum absolute atomic E-state index is 0.0274. The number of anilines is 3. The highest BCUT2D eigenvalue weighted by atomic mass is 35.5. The number of carbonyl (C=O) groups excluding carboxylic acids is 2. The van der Waals surface area contributed by atoms with Crippen LogP contribution in [0.4, 0.5) is 35.4 Å². The van der Waals surface area contributed by atoms with Gasteiger partial charge in [0.25, 0.3) is 10.0 Å². The Kier molecular flexibility index (Phi) is 6.84. The first kappa shape index (κ1) is 25.7. The molecule has 3 amide bonds. The van der Waals surface area contributed by atoms with E-state index >= 15 is 0 Å². The number of urea groups is 1. The Morgan fingerprint density at radius 2 is 1.79 bits per heavy atom. The first-order valence-corrected chi connectivity index (χ1v) is 13.4. The smallest absolute Gasteiger partial charge is 0.414 e. The van der Waals surface area contributed by atoms with Gasteiger partial charge < -0.3 is 10.1 Å². The van der Waals surface area contributed by atoms with Crippen LogP contribution in [-0.2, 0) is 27.8 Å². The molecule has 2 aliphatic rings. The van der Waals surface area contributed by atoms with E-state index in [1.165, 1.54) is 21.9 Å². The summed E-state index contributed by atoms with van der Waals surface area (Å²) in [4.78, 5) is 27.9. The maximum atomic E-state index is 14.3. The van der Waals surface area contributed by atoms with Crippen LogP contribution in [-0.4, -0.2) is 40.2 Å². The van der Waals surface area contributed by atoms with Gasteiger partial charge in [-0.15, -0.1) is 0 Å². The van der Waals surface area contributed by atoms with Crippen molar-refractivity contribution in [2.75, 3.05) is 34.2 Å². The van der Waals surface area contributed by atoms with Crippen LogP contribution in [0.25, 0.3) is 0 Å². The first-order chi connectivity index (χ1) is 18.1. The zero-order chi connectivity index (χ0) is 27.0. The lowest BCUT2D eigenvalue weighted by molar-refractivity contribution is 0.147. The van der Waals surface area contributed by atoms with Gasteiger partial charge in [-0.2, -0.15) is 0 Å². The lowest BCUT2D eigenvalue weighted by Gasteiger charge is -2.25. The number of hydrogen-bond acceptors (Lipinski definition) is 5. The number of nitrogens with one attached hydrogen (secondary N) is 2. The standard InChI is InChI=1S/C25H21ClF2N4O5S/c26-17-11-19(27)22(20(28)12-17)30-38(35,36)18-10-16-6-8-32(25(34)37-14-15-4-2-1-3-5-15)23(16)21(13-18)31-9-7-29-24(31)33/h1-5,10-13,30H,6-9,14H2,(H,29,33). The molecule has 5 rings (SSSR count). The molecule has 0 bridgehead atoms. The average molecular weight is 563 g/mol. The van der Waals surface area contributed by atoms with Gasteiger partial charge in [0.15, 0.2) is 11.6 Å².